The number of hydrogen-bond donors (Lipinski definition) is 0. The van der Waals surface area contributed by atoms with Crippen molar-refractivity contribution in [2.24, 2.45) is 0 Å². The quantitative estimate of drug-likeness (QED) is 0.719. The molecule has 2 nitrogen and oxygen atoms in total. The fourth-order valence-electron chi connectivity index (χ4n) is 0.919. The number of pyridine rings is 1. The first-order chi connectivity index (χ1) is 6.57. The van der Waals surface area contributed by atoms with E-state index in [1.54, 1.807) is 6.07 Å². The first-order valence-electron chi connectivity index (χ1n) is 3.55. The summed E-state index contributed by atoms with van der Waals surface area (Å²) < 4.78 is 37.7. The van der Waals surface area contributed by atoms with E-state index in [0.29, 0.717) is 0 Å². The first kappa shape index (κ1) is 10.8. The number of nitrogens with zero attached hydrogens (tertiary/aromatic N) is 2. The van der Waals surface area contributed by atoms with Crippen LogP contribution in [-0.4, -0.2) is 4.98 Å². The third-order valence-electron chi connectivity index (χ3n) is 1.56. The third-order valence-corrected chi connectivity index (χ3v) is 1.86. The molecule has 0 amide bonds. The molecule has 0 saturated heterocycles. The van der Waals surface area contributed by atoms with Gasteiger partial charge < -0.3 is 0 Å². The molecule has 6 heteroatoms. The van der Waals surface area contributed by atoms with Gasteiger partial charge in [0.2, 0.25) is 0 Å². The molecule has 0 aliphatic carbocycles. The lowest BCUT2D eigenvalue weighted by molar-refractivity contribution is 0.145. The van der Waals surface area contributed by atoms with E-state index in [1.807, 2.05) is 0 Å². The SMILES string of the molecule is N#CCc1cnc(Cl)c(C(F)F)c1F. The largest absolute Gasteiger partial charge is 0.269 e. The van der Waals surface area contributed by atoms with Crippen molar-refractivity contribution < 1.29 is 13.2 Å². The maximum absolute atomic E-state index is 13.2. The van der Waals surface area contributed by atoms with Crippen LogP contribution in [0.15, 0.2) is 6.20 Å². The fraction of sp³-hybridized carbons (Fsp3) is 0.250. The highest BCUT2D eigenvalue weighted by molar-refractivity contribution is 6.30. The Kier molecular flexibility index (Phi) is 3.31. The van der Waals surface area contributed by atoms with Gasteiger partial charge in [-0.05, 0) is 0 Å². The Labute approximate surface area is 82.9 Å². The maximum Gasteiger partial charge on any atom is 0.269 e. The fourth-order valence-corrected chi connectivity index (χ4v) is 1.13. The van der Waals surface area contributed by atoms with Gasteiger partial charge in [-0.1, -0.05) is 11.6 Å². The summed E-state index contributed by atoms with van der Waals surface area (Å²) in [7, 11) is 0. The first-order valence-corrected chi connectivity index (χ1v) is 3.93. The molecule has 0 saturated carbocycles. The van der Waals surface area contributed by atoms with Gasteiger partial charge in [0, 0.05) is 11.8 Å². The van der Waals surface area contributed by atoms with Crippen LogP contribution in [0, 0.1) is 17.1 Å². The zero-order valence-electron chi connectivity index (χ0n) is 6.77. The summed E-state index contributed by atoms with van der Waals surface area (Å²) in [5, 5.41) is 7.71. The van der Waals surface area contributed by atoms with Gasteiger partial charge in [0.15, 0.2) is 0 Å². The lowest BCUT2D eigenvalue weighted by Gasteiger charge is -2.06. The van der Waals surface area contributed by atoms with Crippen LogP contribution in [-0.2, 0) is 6.42 Å². The molecule has 0 aromatic carbocycles. The zero-order valence-corrected chi connectivity index (χ0v) is 7.52. The monoisotopic (exact) mass is 220 g/mol. The summed E-state index contributed by atoms with van der Waals surface area (Å²) in [6, 6.07) is 1.64. The molecule has 74 valence electrons. The van der Waals surface area contributed by atoms with E-state index in [1.165, 1.54) is 0 Å². The molecule has 0 radical (unpaired) electrons. The van der Waals surface area contributed by atoms with Crippen LogP contribution in [0.5, 0.6) is 0 Å². The molecular weight excluding hydrogens is 217 g/mol. The Bertz CT molecular complexity index is 387. The Hall–Kier alpha value is -1.28. The number of halogens is 4. The molecule has 1 aromatic rings. The topological polar surface area (TPSA) is 36.7 Å². The molecular formula is C8H4ClF3N2. The van der Waals surface area contributed by atoms with Crippen LogP contribution in [0.1, 0.15) is 17.6 Å². The predicted octanol–water partition coefficient (Wildman–Crippen LogP) is 2.88. The van der Waals surface area contributed by atoms with Crippen LogP contribution < -0.4 is 0 Å². The van der Waals surface area contributed by atoms with Crippen molar-refractivity contribution in [3.63, 3.8) is 0 Å². The highest BCUT2D eigenvalue weighted by Gasteiger charge is 2.21. The van der Waals surface area contributed by atoms with Gasteiger partial charge in [-0.25, -0.2) is 18.2 Å². The van der Waals surface area contributed by atoms with Gasteiger partial charge in [0.1, 0.15) is 11.0 Å². The van der Waals surface area contributed by atoms with Gasteiger partial charge in [-0.2, -0.15) is 5.26 Å². The minimum Gasteiger partial charge on any atom is -0.244 e. The molecule has 1 aromatic heterocycles. The Morgan fingerprint density at radius 3 is 2.71 bits per heavy atom. The molecule has 0 atom stereocenters. The van der Waals surface area contributed by atoms with Gasteiger partial charge in [0.25, 0.3) is 6.43 Å². The van der Waals surface area contributed by atoms with E-state index in [0.717, 1.165) is 6.20 Å². The smallest absolute Gasteiger partial charge is 0.244 e. The molecule has 1 rings (SSSR count). The second-order valence-electron chi connectivity index (χ2n) is 2.44. The molecule has 0 bridgehead atoms. The van der Waals surface area contributed by atoms with E-state index in [9.17, 15) is 13.2 Å². The maximum atomic E-state index is 13.2. The third kappa shape index (κ3) is 1.96. The van der Waals surface area contributed by atoms with Crippen LogP contribution >= 0.6 is 11.6 Å². The van der Waals surface area contributed by atoms with E-state index in [-0.39, 0.29) is 12.0 Å². The van der Waals surface area contributed by atoms with Crippen molar-refractivity contribution >= 4 is 11.6 Å². The lowest BCUT2D eigenvalue weighted by Crippen LogP contribution is -2.00. The van der Waals surface area contributed by atoms with Crippen LogP contribution in [0.4, 0.5) is 13.2 Å². The number of alkyl halides is 2. The number of hydrogen-bond acceptors (Lipinski definition) is 2. The van der Waals surface area contributed by atoms with Crippen molar-refractivity contribution in [2.45, 2.75) is 12.8 Å². The summed E-state index contributed by atoms with van der Waals surface area (Å²) in [5.41, 5.74) is -1.12. The standard InChI is InChI=1S/C8H4ClF3N2/c9-7-5(8(11)12)6(10)4(1-2-13)3-14-7/h3,8H,1H2. The summed E-state index contributed by atoms with van der Waals surface area (Å²) in [4.78, 5) is 3.37. The lowest BCUT2D eigenvalue weighted by atomic mass is 10.1. The molecule has 0 aliphatic heterocycles. The van der Waals surface area contributed by atoms with Crippen molar-refractivity contribution in [3.05, 3.63) is 28.3 Å². The van der Waals surface area contributed by atoms with Crippen molar-refractivity contribution in [1.82, 2.24) is 4.98 Å². The van der Waals surface area contributed by atoms with E-state index in [2.05, 4.69) is 4.98 Å². The average Bonchev–Trinajstić information content (AvgIpc) is 2.10. The minimum atomic E-state index is -3.03. The second kappa shape index (κ2) is 4.29. The summed E-state index contributed by atoms with van der Waals surface area (Å²) >= 11 is 5.28. The van der Waals surface area contributed by atoms with Crippen LogP contribution in [0.2, 0.25) is 5.15 Å². The summed E-state index contributed by atoms with van der Waals surface area (Å²) in [5.74, 6) is -1.15. The van der Waals surface area contributed by atoms with E-state index < -0.39 is 23.0 Å². The Morgan fingerprint density at radius 1 is 1.57 bits per heavy atom. The summed E-state index contributed by atoms with van der Waals surface area (Å²) in [6.45, 7) is 0. The molecule has 14 heavy (non-hydrogen) atoms. The van der Waals surface area contributed by atoms with Crippen molar-refractivity contribution in [2.75, 3.05) is 0 Å². The number of rotatable bonds is 2. The zero-order chi connectivity index (χ0) is 10.7. The highest BCUT2D eigenvalue weighted by atomic mass is 35.5. The van der Waals surface area contributed by atoms with E-state index in [4.69, 9.17) is 16.9 Å². The predicted molar refractivity (Wildman–Crippen MR) is 43.5 cm³/mol. The minimum absolute atomic E-state index is 0.174. The van der Waals surface area contributed by atoms with Gasteiger partial charge in [-0.3, -0.25) is 0 Å². The number of nitriles is 1. The molecule has 0 unspecified atom stereocenters. The van der Waals surface area contributed by atoms with Gasteiger partial charge in [-0.15, -0.1) is 0 Å². The van der Waals surface area contributed by atoms with Crippen molar-refractivity contribution in [1.29, 1.82) is 5.26 Å². The molecule has 0 aliphatic rings. The van der Waals surface area contributed by atoms with Crippen LogP contribution in [0.25, 0.3) is 0 Å². The molecule has 0 fully saturated rings. The Balaban J connectivity index is 3.28. The highest BCUT2D eigenvalue weighted by Crippen LogP contribution is 2.29. The van der Waals surface area contributed by atoms with Gasteiger partial charge in [0.05, 0.1) is 18.1 Å². The van der Waals surface area contributed by atoms with Crippen LogP contribution in [0.3, 0.4) is 0 Å². The van der Waals surface area contributed by atoms with Crippen molar-refractivity contribution in [3.8, 4) is 6.07 Å². The van der Waals surface area contributed by atoms with E-state index >= 15 is 0 Å². The average molecular weight is 221 g/mol. The molecule has 1 heterocycles. The summed E-state index contributed by atoms with van der Waals surface area (Å²) in [6.07, 6.45) is -2.36. The molecule has 0 spiro atoms. The molecule has 0 N–H and O–H groups in total. The number of aromatic nitrogens is 1. The Morgan fingerprint density at radius 2 is 2.21 bits per heavy atom. The second-order valence-corrected chi connectivity index (χ2v) is 2.80. The normalized spacial score (nSPS) is 10.3. The van der Waals surface area contributed by atoms with Gasteiger partial charge >= 0.3 is 0 Å².